The van der Waals surface area contributed by atoms with Crippen molar-refractivity contribution < 1.29 is 22.8 Å². The van der Waals surface area contributed by atoms with E-state index in [9.17, 15) is 22.8 Å². The van der Waals surface area contributed by atoms with Crippen molar-refractivity contribution >= 4 is 28.1 Å². The second-order valence-electron chi connectivity index (χ2n) is 4.69. The Hall–Kier alpha value is -1.90. The molecule has 0 spiro atoms. The third-order valence-electron chi connectivity index (χ3n) is 2.95. The zero-order chi connectivity index (χ0) is 15.9. The summed E-state index contributed by atoms with van der Waals surface area (Å²) < 4.78 is 21.8. The average Bonchev–Trinajstić information content (AvgIpc) is 2.89. The Bertz CT molecular complexity index is 529. The highest BCUT2D eigenvalue weighted by Crippen LogP contribution is 2.17. The summed E-state index contributed by atoms with van der Waals surface area (Å²) in [4.78, 5) is 35.4. The number of carbonyl (C=O) groups excluding carboxylic acids is 3. The first kappa shape index (κ1) is 17.2. The fraction of sp³-hybridized carbons (Fsp3) is 0.583. The molecule has 0 unspecified atom stereocenters. The van der Waals surface area contributed by atoms with Crippen LogP contribution in [0.2, 0.25) is 0 Å². The highest BCUT2D eigenvalue weighted by atomic mass is 32.2. The topological polar surface area (TPSA) is 113 Å². The van der Waals surface area contributed by atoms with Crippen LogP contribution in [0.15, 0.2) is 11.5 Å². The van der Waals surface area contributed by atoms with Gasteiger partial charge in [0.2, 0.25) is 18.2 Å². The second kappa shape index (κ2) is 7.77. The minimum absolute atomic E-state index is 0.0804. The van der Waals surface area contributed by atoms with E-state index in [0.717, 1.165) is 11.7 Å². The van der Waals surface area contributed by atoms with Gasteiger partial charge in [-0.2, -0.15) is 0 Å². The van der Waals surface area contributed by atoms with Crippen LogP contribution >= 0.6 is 0 Å². The van der Waals surface area contributed by atoms with E-state index < -0.39 is 15.9 Å². The van der Waals surface area contributed by atoms with Crippen molar-refractivity contribution in [3.05, 3.63) is 11.5 Å². The maximum absolute atomic E-state index is 12.0. The first-order chi connectivity index (χ1) is 9.85. The lowest BCUT2D eigenvalue weighted by Crippen LogP contribution is -2.48. The van der Waals surface area contributed by atoms with Gasteiger partial charge in [0.05, 0.1) is 6.54 Å². The van der Waals surface area contributed by atoms with Crippen LogP contribution in [0.25, 0.3) is 0 Å². The van der Waals surface area contributed by atoms with Crippen molar-refractivity contribution in [3.8, 4) is 0 Å². The van der Waals surface area contributed by atoms with E-state index in [4.69, 9.17) is 0 Å². The quantitative estimate of drug-likeness (QED) is 0.549. The molecule has 0 aromatic rings. The number of nitrogens with zero attached hydrogens (tertiary/aromatic N) is 1. The van der Waals surface area contributed by atoms with Crippen molar-refractivity contribution in [1.82, 2.24) is 15.5 Å². The van der Waals surface area contributed by atoms with E-state index in [2.05, 4.69) is 10.6 Å². The van der Waals surface area contributed by atoms with Crippen LogP contribution in [0, 0.1) is 0 Å². The van der Waals surface area contributed by atoms with Gasteiger partial charge in [-0.05, 0) is 12.8 Å². The smallest absolute Gasteiger partial charge is 0.243 e. The molecule has 3 amide bonds. The fourth-order valence-electron chi connectivity index (χ4n) is 2.07. The molecule has 0 aromatic heterocycles. The van der Waals surface area contributed by atoms with Gasteiger partial charge in [-0.25, -0.2) is 8.42 Å². The Kier molecular flexibility index (Phi) is 6.35. The number of hydrogen-bond acceptors (Lipinski definition) is 5. The zero-order valence-electron chi connectivity index (χ0n) is 11.7. The maximum atomic E-state index is 12.0. The van der Waals surface area contributed by atoms with Gasteiger partial charge in [0.25, 0.3) is 0 Å². The van der Waals surface area contributed by atoms with Crippen LogP contribution in [0.4, 0.5) is 0 Å². The number of nitrogens with one attached hydrogen (secondary N) is 2. The van der Waals surface area contributed by atoms with Crippen molar-refractivity contribution in [2.24, 2.45) is 0 Å². The number of sulfone groups is 1. The molecule has 1 atom stereocenters. The summed E-state index contributed by atoms with van der Waals surface area (Å²) in [5.74, 6) is -0.642. The van der Waals surface area contributed by atoms with E-state index in [1.807, 2.05) is 0 Å². The van der Waals surface area contributed by atoms with E-state index in [1.165, 1.54) is 11.0 Å². The van der Waals surface area contributed by atoms with Gasteiger partial charge in [0, 0.05) is 24.8 Å². The minimum atomic E-state index is -3.21. The number of hydrogen-bond donors (Lipinski definition) is 2. The molecule has 0 aromatic carbocycles. The van der Waals surface area contributed by atoms with Gasteiger partial charge < -0.3 is 15.5 Å². The standard InChI is InChI=1S/C12H19N3O5S/c1-21(19,20)7-3-5-14-12(18)10-4-2-6-15(10)11(17)8-13-9-16/h3,7,9-10H,2,4-6,8H2,1H3,(H,13,16)(H,14,18)/b7-3+/t10-/m1/s1. The summed E-state index contributed by atoms with van der Waals surface area (Å²) in [7, 11) is -3.21. The lowest BCUT2D eigenvalue weighted by Gasteiger charge is -2.23. The van der Waals surface area contributed by atoms with Crippen molar-refractivity contribution in [3.63, 3.8) is 0 Å². The minimum Gasteiger partial charge on any atom is -0.351 e. The largest absolute Gasteiger partial charge is 0.351 e. The van der Waals surface area contributed by atoms with Crippen LogP contribution in [-0.4, -0.2) is 63.5 Å². The molecule has 0 bridgehead atoms. The SMILES string of the molecule is CS(=O)(=O)/C=C/CNC(=O)[C@H]1CCCN1C(=O)CNC=O. The van der Waals surface area contributed by atoms with Crippen LogP contribution in [0.5, 0.6) is 0 Å². The number of likely N-dealkylation sites (tertiary alicyclic amines) is 1. The molecule has 21 heavy (non-hydrogen) atoms. The molecule has 1 fully saturated rings. The number of carbonyl (C=O) groups is 3. The number of amides is 3. The second-order valence-corrected chi connectivity index (χ2v) is 6.62. The first-order valence-electron chi connectivity index (χ1n) is 6.46. The van der Waals surface area contributed by atoms with Gasteiger partial charge in [-0.15, -0.1) is 0 Å². The number of rotatable bonds is 7. The Morgan fingerprint density at radius 1 is 1.38 bits per heavy atom. The Balaban J connectivity index is 2.50. The summed E-state index contributed by atoms with van der Waals surface area (Å²) in [5, 5.41) is 5.85. The molecule has 1 heterocycles. The summed E-state index contributed by atoms with van der Waals surface area (Å²) in [6.45, 7) is 0.412. The molecule has 1 saturated heterocycles. The fourth-order valence-corrected chi connectivity index (χ4v) is 2.51. The first-order valence-corrected chi connectivity index (χ1v) is 8.41. The van der Waals surface area contributed by atoms with Crippen molar-refractivity contribution in [2.45, 2.75) is 18.9 Å². The third kappa shape index (κ3) is 5.94. The van der Waals surface area contributed by atoms with E-state index >= 15 is 0 Å². The predicted octanol–water partition coefficient (Wildman–Crippen LogP) is -1.60. The van der Waals surface area contributed by atoms with Gasteiger partial charge in [0.15, 0.2) is 9.84 Å². The average molecular weight is 317 g/mol. The Labute approximate surface area is 123 Å². The van der Waals surface area contributed by atoms with Gasteiger partial charge in [0.1, 0.15) is 6.04 Å². The van der Waals surface area contributed by atoms with Crippen LogP contribution in [0.1, 0.15) is 12.8 Å². The third-order valence-corrected chi connectivity index (χ3v) is 3.64. The highest BCUT2D eigenvalue weighted by Gasteiger charge is 2.33. The molecule has 118 valence electrons. The van der Waals surface area contributed by atoms with E-state index in [0.29, 0.717) is 25.8 Å². The molecule has 0 aliphatic carbocycles. The monoisotopic (exact) mass is 317 g/mol. The molecule has 1 aliphatic rings. The molecule has 8 nitrogen and oxygen atoms in total. The normalized spacial score (nSPS) is 18.7. The van der Waals surface area contributed by atoms with Crippen molar-refractivity contribution in [2.75, 3.05) is 25.9 Å². The van der Waals surface area contributed by atoms with Crippen LogP contribution in [0.3, 0.4) is 0 Å². The van der Waals surface area contributed by atoms with Gasteiger partial charge in [-0.3, -0.25) is 14.4 Å². The maximum Gasteiger partial charge on any atom is 0.243 e. The Morgan fingerprint density at radius 2 is 2.10 bits per heavy atom. The predicted molar refractivity (Wildman–Crippen MR) is 75.8 cm³/mol. The molecule has 1 aliphatic heterocycles. The molecule has 0 saturated carbocycles. The van der Waals surface area contributed by atoms with Crippen LogP contribution < -0.4 is 10.6 Å². The highest BCUT2D eigenvalue weighted by molar-refractivity contribution is 7.93. The van der Waals surface area contributed by atoms with Crippen LogP contribution in [-0.2, 0) is 24.2 Å². The molecule has 0 radical (unpaired) electrons. The van der Waals surface area contributed by atoms with Gasteiger partial charge in [-0.1, -0.05) is 6.08 Å². The zero-order valence-corrected chi connectivity index (χ0v) is 12.6. The molecule has 2 N–H and O–H groups in total. The molecule has 9 heteroatoms. The lowest BCUT2D eigenvalue weighted by atomic mass is 10.2. The molecule has 1 rings (SSSR count). The summed E-state index contributed by atoms with van der Waals surface area (Å²) >= 11 is 0. The van der Waals surface area contributed by atoms with Crippen molar-refractivity contribution in [1.29, 1.82) is 0 Å². The Morgan fingerprint density at radius 3 is 2.71 bits per heavy atom. The summed E-state index contributed by atoms with van der Waals surface area (Å²) in [6.07, 6.45) is 4.09. The molecular weight excluding hydrogens is 298 g/mol. The molecular formula is C12H19N3O5S. The van der Waals surface area contributed by atoms with Gasteiger partial charge >= 0.3 is 0 Å². The summed E-state index contributed by atoms with van der Waals surface area (Å²) in [6, 6.07) is -0.572. The van der Waals surface area contributed by atoms with E-state index in [-0.39, 0.29) is 24.9 Å². The summed E-state index contributed by atoms with van der Waals surface area (Å²) in [5.41, 5.74) is 0. The van der Waals surface area contributed by atoms with E-state index in [1.54, 1.807) is 0 Å². The lowest BCUT2D eigenvalue weighted by molar-refractivity contribution is -0.138.